The Balaban J connectivity index is 1.98. The number of benzene rings is 2. The lowest BCUT2D eigenvalue weighted by Gasteiger charge is -2.10. The van der Waals surface area contributed by atoms with Crippen LogP contribution in [0.3, 0.4) is 0 Å². The second-order valence-corrected chi connectivity index (χ2v) is 6.83. The Labute approximate surface area is 173 Å². The van der Waals surface area contributed by atoms with Gasteiger partial charge in [-0.1, -0.05) is 12.1 Å². The molecule has 2 aromatic carbocycles. The van der Waals surface area contributed by atoms with Crippen LogP contribution in [0.15, 0.2) is 36.4 Å². The number of rotatable bonds is 6. The number of hydrogen-bond acceptors (Lipinski definition) is 7. The maximum absolute atomic E-state index is 12.3. The number of aromatic nitrogens is 3. The summed E-state index contributed by atoms with van der Waals surface area (Å²) >= 11 is 0. The van der Waals surface area contributed by atoms with Crippen LogP contribution in [-0.2, 0) is 9.47 Å². The second-order valence-electron chi connectivity index (χ2n) is 6.83. The standard InChI is InChI=1S/C22H22N4O4/c1-12-14(5-4-6-16(12)23)19-18-15-8-7-13(30-10-9-28-2)11-17(15)24-20(18)21(26-25-19)22(27)29-3/h4-8,11,24H,9-10,23H2,1-3H3. The largest absolute Gasteiger partial charge is 0.491 e. The highest BCUT2D eigenvalue weighted by atomic mass is 16.5. The molecule has 0 bridgehead atoms. The summed E-state index contributed by atoms with van der Waals surface area (Å²) in [7, 11) is 2.94. The summed E-state index contributed by atoms with van der Waals surface area (Å²) in [5, 5.41) is 10.2. The molecular weight excluding hydrogens is 384 g/mol. The van der Waals surface area contributed by atoms with E-state index in [0.29, 0.717) is 35.9 Å². The van der Waals surface area contributed by atoms with E-state index >= 15 is 0 Å². The molecular formula is C22H22N4O4. The molecule has 154 valence electrons. The van der Waals surface area contributed by atoms with Gasteiger partial charge in [-0.15, -0.1) is 10.2 Å². The Morgan fingerprint density at radius 1 is 1.13 bits per heavy atom. The van der Waals surface area contributed by atoms with Gasteiger partial charge in [0.05, 0.1) is 24.8 Å². The molecule has 3 N–H and O–H groups in total. The molecule has 0 aliphatic rings. The molecule has 4 rings (SSSR count). The monoisotopic (exact) mass is 406 g/mol. The van der Waals surface area contributed by atoms with Gasteiger partial charge in [-0.25, -0.2) is 4.79 Å². The first kappa shape index (κ1) is 19.7. The van der Waals surface area contributed by atoms with E-state index < -0.39 is 5.97 Å². The zero-order valence-corrected chi connectivity index (χ0v) is 17.0. The van der Waals surface area contributed by atoms with Gasteiger partial charge < -0.3 is 24.9 Å². The van der Waals surface area contributed by atoms with Gasteiger partial charge in [-0.3, -0.25) is 0 Å². The molecule has 8 heteroatoms. The molecule has 0 aliphatic heterocycles. The highest BCUT2D eigenvalue weighted by molar-refractivity contribution is 6.17. The molecule has 0 fully saturated rings. The predicted octanol–water partition coefficient (Wildman–Crippen LogP) is 3.48. The smallest absolute Gasteiger partial charge is 0.360 e. The number of aromatic amines is 1. The van der Waals surface area contributed by atoms with Crippen molar-refractivity contribution in [2.45, 2.75) is 6.92 Å². The predicted molar refractivity (Wildman–Crippen MR) is 115 cm³/mol. The van der Waals surface area contributed by atoms with E-state index in [0.717, 1.165) is 27.4 Å². The fourth-order valence-corrected chi connectivity index (χ4v) is 3.47. The van der Waals surface area contributed by atoms with Gasteiger partial charge in [0.2, 0.25) is 0 Å². The van der Waals surface area contributed by atoms with Crippen molar-refractivity contribution in [2.24, 2.45) is 0 Å². The van der Waals surface area contributed by atoms with Crippen molar-refractivity contribution in [3.05, 3.63) is 47.7 Å². The average Bonchev–Trinajstić information content (AvgIpc) is 3.13. The van der Waals surface area contributed by atoms with Crippen LogP contribution >= 0.6 is 0 Å². The third-order valence-corrected chi connectivity index (χ3v) is 5.06. The topological polar surface area (TPSA) is 112 Å². The molecule has 0 atom stereocenters. The van der Waals surface area contributed by atoms with Gasteiger partial charge in [0.15, 0.2) is 5.69 Å². The van der Waals surface area contributed by atoms with Gasteiger partial charge in [-0.05, 0) is 30.7 Å². The maximum Gasteiger partial charge on any atom is 0.360 e. The van der Waals surface area contributed by atoms with Crippen molar-refractivity contribution in [1.82, 2.24) is 15.2 Å². The Morgan fingerprint density at radius 3 is 2.73 bits per heavy atom. The number of hydrogen-bond donors (Lipinski definition) is 2. The third kappa shape index (κ3) is 3.31. The number of esters is 1. The molecule has 8 nitrogen and oxygen atoms in total. The lowest BCUT2D eigenvalue weighted by Crippen LogP contribution is -2.07. The molecule has 0 amide bonds. The first-order valence-electron chi connectivity index (χ1n) is 9.42. The summed E-state index contributed by atoms with van der Waals surface area (Å²) in [4.78, 5) is 15.6. The summed E-state index contributed by atoms with van der Waals surface area (Å²) in [5.74, 6) is 0.125. The molecule has 0 spiro atoms. The van der Waals surface area contributed by atoms with Crippen LogP contribution in [-0.4, -0.2) is 48.6 Å². The van der Waals surface area contributed by atoms with Gasteiger partial charge in [0, 0.05) is 35.2 Å². The fourth-order valence-electron chi connectivity index (χ4n) is 3.47. The SMILES string of the molecule is COCCOc1ccc2c(c1)[nH]c1c(C(=O)OC)nnc(-c3cccc(N)c3C)c12. The minimum atomic E-state index is -0.563. The van der Waals surface area contributed by atoms with E-state index in [4.69, 9.17) is 19.9 Å². The molecule has 0 unspecified atom stereocenters. The van der Waals surface area contributed by atoms with Crippen LogP contribution in [0.4, 0.5) is 5.69 Å². The maximum atomic E-state index is 12.3. The number of anilines is 1. The summed E-state index contributed by atoms with van der Waals surface area (Å²) in [6.07, 6.45) is 0. The minimum Gasteiger partial charge on any atom is -0.491 e. The summed E-state index contributed by atoms with van der Waals surface area (Å²) < 4.78 is 15.6. The van der Waals surface area contributed by atoms with E-state index in [-0.39, 0.29) is 5.69 Å². The number of nitrogens with one attached hydrogen (secondary N) is 1. The Morgan fingerprint density at radius 2 is 1.97 bits per heavy atom. The molecule has 0 saturated heterocycles. The van der Waals surface area contributed by atoms with Crippen molar-refractivity contribution in [3.8, 4) is 17.0 Å². The lowest BCUT2D eigenvalue weighted by atomic mass is 9.99. The van der Waals surface area contributed by atoms with Crippen LogP contribution in [0.5, 0.6) is 5.75 Å². The van der Waals surface area contributed by atoms with E-state index in [9.17, 15) is 4.79 Å². The van der Waals surface area contributed by atoms with E-state index in [1.54, 1.807) is 7.11 Å². The number of ether oxygens (including phenoxy) is 3. The number of H-pyrrole nitrogens is 1. The minimum absolute atomic E-state index is 0.121. The lowest BCUT2D eigenvalue weighted by molar-refractivity contribution is 0.0595. The first-order chi connectivity index (χ1) is 14.5. The Hall–Kier alpha value is -3.65. The quantitative estimate of drug-likeness (QED) is 0.286. The number of nitrogens with two attached hydrogens (primary N) is 1. The summed E-state index contributed by atoms with van der Waals surface area (Å²) in [6.45, 7) is 2.86. The van der Waals surface area contributed by atoms with E-state index in [1.165, 1.54) is 7.11 Å². The highest BCUT2D eigenvalue weighted by Crippen LogP contribution is 2.37. The third-order valence-electron chi connectivity index (χ3n) is 5.06. The van der Waals surface area contributed by atoms with E-state index in [2.05, 4.69) is 15.2 Å². The van der Waals surface area contributed by atoms with Crippen molar-refractivity contribution >= 4 is 33.5 Å². The number of carbonyl (C=O) groups is 1. The van der Waals surface area contributed by atoms with Crippen molar-refractivity contribution in [2.75, 3.05) is 33.2 Å². The molecule has 30 heavy (non-hydrogen) atoms. The Kier molecular flexibility index (Phi) is 5.24. The van der Waals surface area contributed by atoms with Crippen LogP contribution in [0.25, 0.3) is 33.1 Å². The molecule has 4 aromatic rings. The van der Waals surface area contributed by atoms with Crippen LogP contribution in [0.1, 0.15) is 16.1 Å². The van der Waals surface area contributed by atoms with Gasteiger partial charge in [0.25, 0.3) is 0 Å². The molecule has 0 aliphatic carbocycles. The van der Waals surface area contributed by atoms with Crippen LogP contribution in [0.2, 0.25) is 0 Å². The number of methoxy groups -OCH3 is 2. The molecule has 0 saturated carbocycles. The highest BCUT2D eigenvalue weighted by Gasteiger charge is 2.22. The van der Waals surface area contributed by atoms with Crippen molar-refractivity contribution in [1.29, 1.82) is 0 Å². The number of carbonyl (C=O) groups excluding carboxylic acids is 1. The number of fused-ring (bicyclic) bond motifs is 3. The summed E-state index contributed by atoms with van der Waals surface area (Å²) in [5.41, 5.74) is 10.6. The van der Waals surface area contributed by atoms with Crippen LogP contribution in [0, 0.1) is 6.92 Å². The normalized spacial score (nSPS) is 11.2. The molecule has 0 radical (unpaired) electrons. The first-order valence-corrected chi connectivity index (χ1v) is 9.42. The molecule has 2 aromatic heterocycles. The van der Waals surface area contributed by atoms with Crippen molar-refractivity contribution < 1.29 is 19.0 Å². The Bertz CT molecular complexity index is 1250. The van der Waals surface area contributed by atoms with Crippen molar-refractivity contribution in [3.63, 3.8) is 0 Å². The second kappa shape index (κ2) is 8.00. The summed E-state index contributed by atoms with van der Waals surface area (Å²) in [6, 6.07) is 11.3. The average molecular weight is 406 g/mol. The number of nitrogens with zero attached hydrogens (tertiary/aromatic N) is 2. The molecule has 2 heterocycles. The fraction of sp³-hybridized carbons (Fsp3) is 0.227. The van der Waals surface area contributed by atoms with E-state index in [1.807, 2.05) is 43.3 Å². The van der Waals surface area contributed by atoms with Gasteiger partial charge >= 0.3 is 5.97 Å². The zero-order chi connectivity index (χ0) is 21.3. The van der Waals surface area contributed by atoms with Crippen LogP contribution < -0.4 is 10.5 Å². The number of nitrogen functional groups attached to an aromatic ring is 1. The van der Waals surface area contributed by atoms with Gasteiger partial charge in [0.1, 0.15) is 18.1 Å². The zero-order valence-electron chi connectivity index (χ0n) is 17.0. The van der Waals surface area contributed by atoms with Gasteiger partial charge in [-0.2, -0.15) is 0 Å².